The molecule has 1 aromatic heterocycles. The van der Waals surface area contributed by atoms with E-state index in [9.17, 15) is 13.2 Å². The van der Waals surface area contributed by atoms with Gasteiger partial charge in [-0.25, -0.2) is 9.97 Å². The Bertz CT molecular complexity index is 629. The predicted octanol–water partition coefficient (Wildman–Crippen LogP) is 4.05. The van der Waals surface area contributed by atoms with Crippen LogP contribution in [0.15, 0.2) is 24.3 Å². The average Bonchev–Trinajstić information content (AvgIpc) is 2.31. The SMILES string of the molecule is Nc1cc(-c2ccc(Cl)c(Cl)c2)nc(C(F)(F)F)n1. The summed E-state index contributed by atoms with van der Waals surface area (Å²) in [5.41, 5.74) is 5.75. The van der Waals surface area contributed by atoms with Gasteiger partial charge in [-0.05, 0) is 12.1 Å². The summed E-state index contributed by atoms with van der Waals surface area (Å²) >= 11 is 11.5. The van der Waals surface area contributed by atoms with E-state index in [0.29, 0.717) is 10.6 Å². The van der Waals surface area contributed by atoms with Gasteiger partial charge < -0.3 is 5.73 Å². The molecule has 8 heteroatoms. The number of nitrogens with two attached hydrogens (primary N) is 1. The maximum absolute atomic E-state index is 12.6. The molecule has 3 nitrogen and oxygen atoms in total. The lowest BCUT2D eigenvalue weighted by molar-refractivity contribution is -0.144. The van der Waals surface area contributed by atoms with Crippen molar-refractivity contribution in [2.24, 2.45) is 0 Å². The Kier molecular flexibility index (Phi) is 3.56. The van der Waals surface area contributed by atoms with Gasteiger partial charge in [0.05, 0.1) is 15.7 Å². The maximum atomic E-state index is 12.6. The Morgan fingerprint density at radius 2 is 1.68 bits per heavy atom. The van der Waals surface area contributed by atoms with E-state index in [1.54, 1.807) is 0 Å². The summed E-state index contributed by atoms with van der Waals surface area (Å²) in [5, 5.41) is 0.508. The molecule has 2 rings (SSSR count). The van der Waals surface area contributed by atoms with E-state index in [1.807, 2.05) is 0 Å². The molecule has 0 aliphatic carbocycles. The number of benzene rings is 1. The Balaban J connectivity index is 2.56. The second-order valence-electron chi connectivity index (χ2n) is 3.63. The molecule has 19 heavy (non-hydrogen) atoms. The van der Waals surface area contributed by atoms with Gasteiger partial charge in [0, 0.05) is 11.6 Å². The van der Waals surface area contributed by atoms with E-state index in [0.717, 1.165) is 0 Å². The first-order valence-corrected chi connectivity index (χ1v) is 5.70. The van der Waals surface area contributed by atoms with Crippen LogP contribution < -0.4 is 5.73 Å². The van der Waals surface area contributed by atoms with Gasteiger partial charge in [0.25, 0.3) is 0 Å². The monoisotopic (exact) mass is 307 g/mol. The fourth-order valence-corrected chi connectivity index (χ4v) is 1.69. The van der Waals surface area contributed by atoms with Crippen LogP contribution >= 0.6 is 23.2 Å². The number of halogens is 5. The van der Waals surface area contributed by atoms with Crippen LogP contribution in [0, 0.1) is 0 Å². The zero-order chi connectivity index (χ0) is 14.2. The molecule has 0 bridgehead atoms. The summed E-state index contributed by atoms with van der Waals surface area (Å²) < 4.78 is 37.7. The number of nitrogen functional groups attached to an aromatic ring is 1. The van der Waals surface area contributed by atoms with Gasteiger partial charge in [-0.3, -0.25) is 0 Å². The van der Waals surface area contributed by atoms with Crippen LogP contribution in [-0.2, 0) is 6.18 Å². The van der Waals surface area contributed by atoms with Crippen LogP contribution in [-0.4, -0.2) is 9.97 Å². The molecule has 2 aromatic rings. The molecule has 2 N–H and O–H groups in total. The Hall–Kier alpha value is -1.53. The summed E-state index contributed by atoms with van der Waals surface area (Å²) in [7, 11) is 0. The fourth-order valence-electron chi connectivity index (χ4n) is 1.40. The molecule has 0 spiro atoms. The number of anilines is 1. The molecule has 0 radical (unpaired) electrons. The first-order chi connectivity index (χ1) is 8.77. The van der Waals surface area contributed by atoms with Gasteiger partial charge in [-0.2, -0.15) is 13.2 Å². The normalized spacial score (nSPS) is 11.6. The van der Waals surface area contributed by atoms with Crippen LogP contribution in [0.25, 0.3) is 11.3 Å². The van der Waals surface area contributed by atoms with Gasteiger partial charge in [0.2, 0.25) is 5.82 Å². The van der Waals surface area contributed by atoms with Gasteiger partial charge in [-0.1, -0.05) is 29.3 Å². The van der Waals surface area contributed by atoms with E-state index in [-0.39, 0.29) is 16.5 Å². The zero-order valence-corrected chi connectivity index (χ0v) is 10.7. The molecule has 0 fully saturated rings. The minimum absolute atomic E-state index is 0.0263. The lowest BCUT2D eigenvalue weighted by atomic mass is 10.1. The van der Waals surface area contributed by atoms with Crippen LogP contribution in [0.2, 0.25) is 10.0 Å². The Morgan fingerprint density at radius 1 is 1.00 bits per heavy atom. The van der Waals surface area contributed by atoms with E-state index in [1.165, 1.54) is 24.3 Å². The number of alkyl halides is 3. The number of hydrogen-bond donors (Lipinski definition) is 1. The summed E-state index contributed by atoms with van der Waals surface area (Å²) in [4.78, 5) is 6.58. The molecule has 0 saturated carbocycles. The van der Waals surface area contributed by atoms with E-state index < -0.39 is 12.0 Å². The lowest BCUT2D eigenvalue weighted by Gasteiger charge is -2.09. The highest BCUT2D eigenvalue weighted by molar-refractivity contribution is 6.42. The fraction of sp³-hybridized carbons (Fsp3) is 0.0909. The van der Waals surface area contributed by atoms with Crippen molar-refractivity contribution in [3.63, 3.8) is 0 Å². The van der Waals surface area contributed by atoms with Crippen molar-refractivity contribution in [1.29, 1.82) is 0 Å². The standard InChI is InChI=1S/C11H6Cl2F3N3/c12-6-2-1-5(3-7(6)13)8-4-9(17)19-10(18-8)11(14,15)16/h1-4H,(H2,17,18,19). The molecule has 100 valence electrons. The van der Waals surface area contributed by atoms with Crippen molar-refractivity contribution in [3.8, 4) is 11.3 Å². The largest absolute Gasteiger partial charge is 0.451 e. The maximum Gasteiger partial charge on any atom is 0.451 e. The minimum Gasteiger partial charge on any atom is -0.384 e. The minimum atomic E-state index is -4.67. The predicted molar refractivity (Wildman–Crippen MR) is 66.9 cm³/mol. The second-order valence-corrected chi connectivity index (χ2v) is 4.44. The zero-order valence-electron chi connectivity index (χ0n) is 9.17. The van der Waals surface area contributed by atoms with E-state index in [4.69, 9.17) is 28.9 Å². The molecule has 1 heterocycles. The van der Waals surface area contributed by atoms with Gasteiger partial charge in [-0.15, -0.1) is 0 Å². The quantitative estimate of drug-likeness (QED) is 0.864. The molecule has 0 amide bonds. The van der Waals surface area contributed by atoms with E-state index in [2.05, 4.69) is 9.97 Å². The van der Waals surface area contributed by atoms with Gasteiger partial charge in [0.1, 0.15) is 5.82 Å². The Morgan fingerprint density at radius 3 is 2.26 bits per heavy atom. The number of aromatic nitrogens is 2. The highest BCUT2D eigenvalue weighted by Crippen LogP contribution is 2.31. The summed E-state index contributed by atoms with van der Waals surface area (Å²) in [6.07, 6.45) is -4.67. The van der Waals surface area contributed by atoms with Crippen molar-refractivity contribution in [1.82, 2.24) is 9.97 Å². The van der Waals surface area contributed by atoms with Crippen molar-refractivity contribution in [3.05, 3.63) is 40.1 Å². The third-order valence-corrected chi connectivity index (χ3v) is 2.95. The molecule has 0 atom stereocenters. The summed E-state index contributed by atoms with van der Waals surface area (Å²) in [6, 6.07) is 5.60. The number of rotatable bonds is 1. The van der Waals surface area contributed by atoms with Crippen molar-refractivity contribution in [2.45, 2.75) is 6.18 Å². The second kappa shape index (κ2) is 4.86. The average molecular weight is 308 g/mol. The smallest absolute Gasteiger partial charge is 0.384 e. The molecule has 0 aliphatic heterocycles. The molecule has 0 unspecified atom stereocenters. The van der Waals surface area contributed by atoms with Crippen LogP contribution in [0.4, 0.5) is 19.0 Å². The first kappa shape index (κ1) is 13.9. The molecular formula is C11H6Cl2F3N3. The Labute approximate surface area is 116 Å². The topological polar surface area (TPSA) is 51.8 Å². The number of hydrogen-bond acceptors (Lipinski definition) is 3. The molecule has 0 saturated heterocycles. The van der Waals surface area contributed by atoms with Gasteiger partial charge in [0.15, 0.2) is 0 Å². The highest BCUT2D eigenvalue weighted by Gasteiger charge is 2.35. The van der Waals surface area contributed by atoms with Crippen LogP contribution in [0.5, 0.6) is 0 Å². The third kappa shape index (κ3) is 3.08. The molecule has 0 aliphatic rings. The summed E-state index contributed by atoms with van der Waals surface area (Å²) in [6.45, 7) is 0. The third-order valence-electron chi connectivity index (χ3n) is 2.21. The van der Waals surface area contributed by atoms with Crippen LogP contribution in [0.3, 0.4) is 0 Å². The highest BCUT2D eigenvalue weighted by atomic mass is 35.5. The van der Waals surface area contributed by atoms with Crippen LogP contribution in [0.1, 0.15) is 5.82 Å². The lowest BCUT2D eigenvalue weighted by Crippen LogP contribution is -2.13. The first-order valence-electron chi connectivity index (χ1n) is 4.94. The molecule has 1 aromatic carbocycles. The molecular weight excluding hydrogens is 302 g/mol. The van der Waals surface area contributed by atoms with Gasteiger partial charge >= 0.3 is 6.18 Å². The number of nitrogens with zero attached hydrogens (tertiary/aromatic N) is 2. The van der Waals surface area contributed by atoms with Crippen molar-refractivity contribution in [2.75, 3.05) is 5.73 Å². The van der Waals surface area contributed by atoms with E-state index >= 15 is 0 Å². The van der Waals surface area contributed by atoms with Crippen molar-refractivity contribution >= 4 is 29.0 Å². The summed E-state index contributed by atoms with van der Waals surface area (Å²) in [5.74, 6) is -1.57. The van der Waals surface area contributed by atoms with Crippen molar-refractivity contribution < 1.29 is 13.2 Å².